The van der Waals surface area contributed by atoms with Crippen LogP contribution in [0.3, 0.4) is 0 Å². The highest BCUT2D eigenvalue weighted by Gasteiger charge is 2.21. The van der Waals surface area contributed by atoms with Gasteiger partial charge < -0.3 is 10.2 Å². The molecular weight excluding hydrogens is 292 g/mol. The molecule has 0 bridgehead atoms. The van der Waals surface area contributed by atoms with Crippen molar-refractivity contribution in [1.82, 2.24) is 14.7 Å². The van der Waals surface area contributed by atoms with Gasteiger partial charge in [-0.3, -0.25) is 4.79 Å². The van der Waals surface area contributed by atoms with Crippen LogP contribution in [0.4, 0.5) is 5.69 Å². The summed E-state index contributed by atoms with van der Waals surface area (Å²) in [6.07, 6.45) is 0. The molecule has 1 saturated heterocycles. The summed E-state index contributed by atoms with van der Waals surface area (Å²) in [7, 11) is -1.57. The van der Waals surface area contributed by atoms with Crippen molar-refractivity contribution >= 4 is 21.6 Å². The molecule has 1 aromatic rings. The zero-order valence-electron chi connectivity index (χ0n) is 12.2. The average Bonchev–Trinajstić information content (AvgIpc) is 2.41. The van der Waals surface area contributed by atoms with Crippen molar-refractivity contribution in [2.24, 2.45) is 0 Å². The van der Waals surface area contributed by atoms with Gasteiger partial charge in [0, 0.05) is 38.8 Å². The first-order valence-electron chi connectivity index (χ1n) is 6.70. The molecule has 1 aromatic carbocycles. The van der Waals surface area contributed by atoms with Gasteiger partial charge in [-0.1, -0.05) is 0 Å². The maximum absolute atomic E-state index is 12.3. The van der Waals surface area contributed by atoms with Crippen LogP contribution < -0.4 is 10.1 Å². The Labute approximate surface area is 124 Å². The number of hydrazine groups is 1. The highest BCUT2D eigenvalue weighted by molar-refractivity contribution is 7.89. The monoisotopic (exact) mass is 312 g/mol. The van der Waals surface area contributed by atoms with Crippen LogP contribution in [0.2, 0.25) is 0 Å². The standard InChI is InChI=1S/C13H20N4O3S/c1-11(18)14-12-3-5-13(6-4-12)21(19,20)15-17-9-7-16(2)8-10-17/h3-6,15H,7-10H2,1-2H3,(H,14,18). The molecular formula is C13H20N4O3S. The Hall–Kier alpha value is -1.48. The van der Waals surface area contributed by atoms with Gasteiger partial charge in [-0.25, -0.2) is 13.4 Å². The molecule has 1 heterocycles. The van der Waals surface area contributed by atoms with E-state index >= 15 is 0 Å². The molecule has 1 amide bonds. The molecule has 0 saturated carbocycles. The highest BCUT2D eigenvalue weighted by Crippen LogP contribution is 2.14. The number of nitrogens with zero attached hydrogens (tertiary/aromatic N) is 2. The maximum atomic E-state index is 12.3. The first kappa shape index (κ1) is 15.9. The van der Waals surface area contributed by atoms with Crippen molar-refractivity contribution in [3.63, 3.8) is 0 Å². The number of benzene rings is 1. The van der Waals surface area contributed by atoms with Crippen molar-refractivity contribution in [3.05, 3.63) is 24.3 Å². The second kappa shape index (κ2) is 6.52. The summed E-state index contributed by atoms with van der Waals surface area (Å²) in [6, 6.07) is 6.09. The van der Waals surface area contributed by atoms with E-state index in [1.165, 1.54) is 19.1 Å². The lowest BCUT2D eigenvalue weighted by Crippen LogP contribution is -2.52. The number of hydrogen-bond donors (Lipinski definition) is 2. The van der Waals surface area contributed by atoms with Gasteiger partial charge in [0.05, 0.1) is 4.90 Å². The number of anilines is 1. The molecule has 2 N–H and O–H groups in total. The van der Waals surface area contributed by atoms with Crippen LogP contribution in [0.5, 0.6) is 0 Å². The van der Waals surface area contributed by atoms with E-state index in [2.05, 4.69) is 15.0 Å². The van der Waals surface area contributed by atoms with Gasteiger partial charge in [-0.2, -0.15) is 0 Å². The molecule has 116 valence electrons. The van der Waals surface area contributed by atoms with Crippen LogP contribution in [-0.4, -0.2) is 57.5 Å². The second-order valence-electron chi connectivity index (χ2n) is 5.09. The van der Waals surface area contributed by atoms with Gasteiger partial charge in [-0.15, -0.1) is 4.83 Å². The average molecular weight is 312 g/mol. The molecule has 1 aliphatic heterocycles. The minimum Gasteiger partial charge on any atom is -0.326 e. The largest absolute Gasteiger partial charge is 0.326 e. The highest BCUT2D eigenvalue weighted by atomic mass is 32.2. The van der Waals surface area contributed by atoms with Gasteiger partial charge in [0.25, 0.3) is 10.0 Å². The van der Waals surface area contributed by atoms with E-state index in [1.54, 1.807) is 17.1 Å². The molecule has 0 aromatic heterocycles. The second-order valence-corrected chi connectivity index (χ2v) is 6.75. The normalized spacial score (nSPS) is 17.6. The third kappa shape index (κ3) is 4.50. The number of amides is 1. The fourth-order valence-electron chi connectivity index (χ4n) is 2.04. The van der Waals surface area contributed by atoms with Crippen LogP contribution in [0.25, 0.3) is 0 Å². The van der Waals surface area contributed by atoms with Crippen molar-refractivity contribution in [1.29, 1.82) is 0 Å². The Kier molecular flexibility index (Phi) is 4.94. The smallest absolute Gasteiger partial charge is 0.253 e. The Morgan fingerprint density at radius 2 is 1.67 bits per heavy atom. The molecule has 2 rings (SSSR count). The maximum Gasteiger partial charge on any atom is 0.253 e. The number of carbonyl (C=O) groups is 1. The third-order valence-electron chi connectivity index (χ3n) is 3.24. The van der Waals surface area contributed by atoms with Gasteiger partial charge in [-0.05, 0) is 31.3 Å². The quantitative estimate of drug-likeness (QED) is 0.823. The van der Waals surface area contributed by atoms with Gasteiger partial charge in [0.2, 0.25) is 5.91 Å². The Bertz CT molecular complexity index is 592. The molecule has 1 fully saturated rings. The molecule has 0 atom stereocenters. The fraction of sp³-hybridized carbons (Fsp3) is 0.462. The van der Waals surface area contributed by atoms with E-state index in [1.807, 2.05) is 7.05 Å². The molecule has 21 heavy (non-hydrogen) atoms. The summed E-state index contributed by atoms with van der Waals surface area (Å²) >= 11 is 0. The number of hydrogen-bond acceptors (Lipinski definition) is 5. The van der Waals surface area contributed by atoms with Crippen molar-refractivity contribution < 1.29 is 13.2 Å². The van der Waals surface area contributed by atoms with Crippen LogP contribution in [0.1, 0.15) is 6.92 Å². The zero-order chi connectivity index (χ0) is 15.5. The van der Waals surface area contributed by atoms with Crippen molar-refractivity contribution in [2.45, 2.75) is 11.8 Å². The number of likely N-dealkylation sites (N-methyl/N-ethyl adjacent to an activating group) is 1. The number of nitrogens with one attached hydrogen (secondary N) is 2. The zero-order valence-corrected chi connectivity index (χ0v) is 13.0. The molecule has 0 unspecified atom stereocenters. The van der Waals surface area contributed by atoms with Crippen LogP contribution in [0, 0.1) is 0 Å². The lowest BCUT2D eigenvalue weighted by atomic mass is 10.3. The predicted octanol–water partition coefficient (Wildman–Crippen LogP) is 0.0857. The molecule has 8 heteroatoms. The summed E-state index contributed by atoms with van der Waals surface area (Å²) in [5.41, 5.74) is 0.570. The van der Waals surface area contributed by atoms with E-state index in [0.717, 1.165) is 13.1 Å². The number of rotatable bonds is 4. The van der Waals surface area contributed by atoms with Crippen LogP contribution in [0.15, 0.2) is 29.2 Å². The summed E-state index contributed by atoms with van der Waals surface area (Å²) in [4.78, 5) is 15.8. The van der Waals surface area contributed by atoms with Gasteiger partial charge in [0.15, 0.2) is 0 Å². The van der Waals surface area contributed by atoms with Crippen LogP contribution in [-0.2, 0) is 14.8 Å². The molecule has 7 nitrogen and oxygen atoms in total. The summed E-state index contributed by atoms with van der Waals surface area (Å²) in [5, 5.41) is 4.31. The van der Waals surface area contributed by atoms with E-state index in [-0.39, 0.29) is 10.8 Å². The lowest BCUT2D eigenvalue weighted by molar-refractivity contribution is -0.114. The van der Waals surface area contributed by atoms with E-state index in [0.29, 0.717) is 18.8 Å². The number of piperazine rings is 1. The minimum atomic E-state index is -3.58. The predicted molar refractivity (Wildman–Crippen MR) is 80.1 cm³/mol. The summed E-state index contributed by atoms with van der Waals surface area (Å²) in [6.45, 7) is 4.35. The summed E-state index contributed by atoms with van der Waals surface area (Å²) in [5.74, 6) is -0.193. The Morgan fingerprint density at radius 3 is 2.19 bits per heavy atom. The first-order valence-corrected chi connectivity index (χ1v) is 8.19. The first-order chi connectivity index (χ1) is 9.87. The Morgan fingerprint density at radius 1 is 1.10 bits per heavy atom. The lowest BCUT2D eigenvalue weighted by Gasteiger charge is -2.32. The SMILES string of the molecule is CC(=O)Nc1ccc(S(=O)(=O)NN2CCN(C)CC2)cc1. The molecule has 1 aliphatic rings. The minimum absolute atomic E-state index is 0.176. The molecule has 0 aliphatic carbocycles. The fourth-order valence-corrected chi connectivity index (χ4v) is 3.16. The van der Waals surface area contributed by atoms with Crippen molar-refractivity contribution in [3.8, 4) is 0 Å². The number of sulfonamides is 1. The third-order valence-corrected chi connectivity index (χ3v) is 4.63. The van der Waals surface area contributed by atoms with E-state index < -0.39 is 10.0 Å². The van der Waals surface area contributed by atoms with Gasteiger partial charge in [0.1, 0.15) is 0 Å². The van der Waals surface area contributed by atoms with Crippen molar-refractivity contribution in [2.75, 3.05) is 38.5 Å². The van der Waals surface area contributed by atoms with E-state index in [4.69, 9.17) is 0 Å². The topological polar surface area (TPSA) is 81.7 Å². The molecule has 0 radical (unpaired) electrons. The van der Waals surface area contributed by atoms with E-state index in [9.17, 15) is 13.2 Å². The Balaban J connectivity index is 2.03. The molecule has 0 spiro atoms. The summed E-state index contributed by atoms with van der Waals surface area (Å²) < 4.78 is 24.5. The van der Waals surface area contributed by atoms with Crippen LogP contribution >= 0.6 is 0 Å². The number of carbonyl (C=O) groups excluding carboxylic acids is 1. The van der Waals surface area contributed by atoms with Gasteiger partial charge >= 0.3 is 0 Å².